The fourth-order valence-corrected chi connectivity index (χ4v) is 3.75. The number of hydrogen-bond acceptors (Lipinski definition) is 4. The van der Waals surface area contributed by atoms with E-state index in [0.717, 1.165) is 51.9 Å². The van der Waals surface area contributed by atoms with Crippen LogP contribution in [0.2, 0.25) is 0 Å². The summed E-state index contributed by atoms with van der Waals surface area (Å²) in [5, 5.41) is 11.3. The number of nitrogens with zero attached hydrogens (tertiary/aromatic N) is 4. The molecule has 7 nitrogen and oxygen atoms in total. The van der Waals surface area contributed by atoms with E-state index in [2.05, 4.69) is 63.7 Å². The average molecular weight is 399 g/mol. The Bertz CT molecular complexity index is 752. The van der Waals surface area contributed by atoms with Gasteiger partial charge in [0.2, 0.25) is 0 Å². The largest absolute Gasteiger partial charge is 0.379 e. The van der Waals surface area contributed by atoms with E-state index in [-0.39, 0.29) is 0 Å². The Hall–Kier alpha value is -2.38. The highest BCUT2D eigenvalue weighted by Gasteiger charge is 2.23. The van der Waals surface area contributed by atoms with Crippen molar-refractivity contribution in [3.8, 4) is 0 Å². The van der Waals surface area contributed by atoms with Crippen LogP contribution in [0.1, 0.15) is 25.0 Å². The molecule has 2 N–H and O–H groups in total. The summed E-state index contributed by atoms with van der Waals surface area (Å²) in [4.78, 5) is 6.94. The molecule has 0 saturated carbocycles. The maximum Gasteiger partial charge on any atom is 0.191 e. The number of aliphatic imine (C=N–C) groups is 1. The minimum atomic E-state index is 0.463. The summed E-state index contributed by atoms with van der Waals surface area (Å²) in [6.07, 6.45) is 3.80. The molecule has 2 aromatic rings. The van der Waals surface area contributed by atoms with Crippen LogP contribution in [0.5, 0.6) is 0 Å². The molecule has 1 aliphatic heterocycles. The van der Waals surface area contributed by atoms with Crippen molar-refractivity contribution in [1.82, 2.24) is 25.3 Å². The summed E-state index contributed by atoms with van der Waals surface area (Å²) in [6, 6.07) is 10.9. The van der Waals surface area contributed by atoms with Crippen LogP contribution in [0.4, 0.5) is 0 Å². The summed E-state index contributed by atoms with van der Waals surface area (Å²) in [7, 11) is 1.82. The van der Waals surface area contributed by atoms with Gasteiger partial charge in [-0.05, 0) is 23.1 Å². The van der Waals surface area contributed by atoms with Crippen LogP contribution in [0.15, 0.2) is 47.7 Å². The third kappa shape index (κ3) is 6.30. The number of hydrogen-bond donors (Lipinski definition) is 2. The van der Waals surface area contributed by atoms with Gasteiger partial charge in [-0.25, -0.2) is 0 Å². The fourth-order valence-electron chi connectivity index (χ4n) is 3.75. The highest BCUT2D eigenvalue weighted by atomic mass is 16.5. The minimum Gasteiger partial charge on any atom is -0.379 e. The van der Waals surface area contributed by atoms with Gasteiger partial charge < -0.3 is 15.4 Å². The molecule has 29 heavy (non-hydrogen) atoms. The SMILES string of the molecule is CN=C(NCc1ccccc1Cn1cccn1)NCC(C(C)C)N1CCOCC1. The molecule has 1 fully saturated rings. The predicted octanol–water partition coefficient (Wildman–Crippen LogP) is 1.95. The number of rotatable bonds is 8. The van der Waals surface area contributed by atoms with E-state index < -0.39 is 0 Å². The Balaban J connectivity index is 1.55. The van der Waals surface area contributed by atoms with Gasteiger partial charge in [0.15, 0.2) is 5.96 Å². The molecular weight excluding hydrogens is 364 g/mol. The maximum absolute atomic E-state index is 5.51. The molecule has 0 bridgehead atoms. The fraction of sp³-hybridized carbons (Fsp3) is 0.545. The Labute approximate surface area is 174 Å². The molecule has 1 atom stereocenters. The number of nitrogens with one attached hydrogen (secondary N) is 2. The zero-order valence-electron chi connectivity index (χ0n) is 17.8. The summed E-state index contributed by atoms with van der Waals surface area (Å²) in [5.74, 6) is 1.39. The van der Waals surface area contributed by atoms with Gasteiger partial charge in [-0.3, -0.25) is 14.6 Å². The predicted molar refractivity (Wildman–Crippen MR) is 117 cm³/mol. The molecule has 0 radical (unpaired) electrons. The molecule has 1 aromatic heterocycles. The van der Waals surface area contributed by atoms with Crippen molar-refractivity contribution in [2.45, 2.75) is 33.0 Å². The zero-order valence-corrected chi connectivity index (χ0v) is 17.8. The smallest absolute Gasteiger partial charge is 0.191 e. The maximum atomic E-state index is 5.51. The molecule has 2 heterocycles. The average Bonchev–Trinajstić information content (AvgIpc) is 3.25. The van der Waals surface area contributed by atoms with Crippen LogP contribution in [0.25, 0.3) is 0 Å². The van der Waals surface area contributed by atoms with E-state index in [1.165, 1.54) is 11.1 Å². The highest BCUT2D eigenvalue weighted by Crippen LogP contribution is 2.13. The van der Waals surface area contributed by atoms with Crippen LogP contribution in [0, 0.1) is 5.92 Å². The van der Waals surface area contributed by atoms with Gasteiger partial charge in [0.05, 0.1) is 19.8 Å². The third-order valence-corrected chi connectivity index (χ3v) is 5.44. The van der Waals surface area contributed by atoms with Gasteiger partial charge in [0, 0.05) is 51.7 Å². The molecule has 3 rings (SSSR count). The van der Waals surface area contributed by atoms with E-state index in [4.69, 9.17) is 4.74 Å². The van der Waals surface area contributed by atoms with Gasteiger partial charge in [0.1, 0.15) is 0 Å². The van der Waals surface area contributed by atoms with Crippen molar-refractivity contribution in [3.05, 3.63) is 53.9 Å². The second-order valence-corrected chi connectivity index (χ2v) is 7.74. The first kappa shape index (κ1) is 21.3. The second-order valence-electron chi connectivity index (χ2n) is 7.74. The summed E-state index contributed by atoms with van der Waals surface area (Å²) >= 11 is 0. The van der Waals surface area contributed by atoms with Crippen molar-refractivity contribution >= 4 is 5.96 Å². The van der Waals surface area contributed by atoms with Gasteiger partial charge in [-0.2, -0.15) is 5.10 Å². The molecular formula is C22H34N6O. The molecule has 7 heteroatoms. The van der Waals surface area contributed by atoms with Gasteiger partial charge >= 0.3 is 0 Å². The van der Waals surface area contributed by atoms with Crippen molar-refractivity contribution < 1.29 is 4.74 Å². The van der Waals surface area contributed by atoms with Crippen molar-refractivity contribution in [3.63, 3.8) is 0 Å². The number of ether oxygens (including phenoxy) is 1. The van der Waals surface area contributed by atoms with Crippen LogP contribution in [0.3, 0.4) is 0 Å². The van der Waals surface area contributed by atoms with E-state index in [0.29, 0.717) is 12.0 Å². The lowest BCUT2D eigenvalue weighted by Crippen LogP contribution is -2.52. The topological polar surface area (TPSA) is 66.7 Å². The number of morpholine rings is 1. The lowest BCUT2D eigenvalue weighted by Gasteiger charge is -2.37. The molecule has 1 unspecified atom stereocenters. The minimum absolute atomic E-state index is 0.463. The first-order valence-corrected chi connectivity index (χ1v) is 10.5. The third-order valence-electron chi connectivity index (χ3n) is 5.44. The van der Waals surface area contributed by atoms with E-state index in [1.54, 1.807) is 0 Å². The van der Waals surface area contributed by atoms with Crippen molar-refractivity contribution in [2.24, 2.45) is 10.9 Å². The molecule has 158 valence electrons. The molecule has 0 aliphatic carbocycles. The Morgan fingerprint density at radius 2 is 1.90 bits per heavy atom. The first-order chi connectivity index (χ1) is 14.2. The highest BCUT2D eigenvalue weighted by molar-refractivity contribution is 5.79. The molecule has 0 amide bonds. The lowest BCUT2D eigenvalue weighted by atomic mass is 10.0. The summed E-state index contributed by atoms with van der Waals surface area (Å²) in [6.45, 7) is 10.6. The Morgan fingerprint density at radius 1 is 1.14 bits per heavy atom. The zero-order chi connectivity index (χ0) is 20.5. The lowest BCUT2D eigenvalue weighted by molar-refractivity contribution is 0.00752. The monoisotopic (exact) mass is 398 g/mol. The normalized spacial score (nSPS) is 16.8. The molecule has 1 aliphatic rings. The van der Waals surface area contributed by atoms with Gasteiger partial charge in [0.25, 0.3) is 0 Å². The van der Waals surface area contributed by atoms with Gasteiger partial charge in [-0.15, -0.1) is 0 Å². The van der Waals surface area contributed by atoms with Crippen LogP contribution in [-0.4, -0.2) is 66.6 Å². The standard InChI is InChI=1S/C22H34N6O/c1-18(2)21(27-11-13-29-14-12-27)16-25-22(23-3)24-15-19-7-4-5-8-20(19)17-28-10-6-9-26-28/h4-10,18,21H,11-17H2,1-3H3,(H2,23,24,25). The molecule has 0 spiro atoms. The number of aromatic nitrogens is 2. The first-order valence-electron chi connectivity index (χ1n) is 10.5. The number of guanidine groups is 1. The van der Waals surface area contributed by atoms with Crippen LogP contribution >= 0.6 is 0 Å². The summed E-state index contributed by atoms with van der Waals surface area (Å²) in [5.41, 5.74) is 2.51. The number of benzene rings is 1. The Kier molecular flexibility index (Phi) is 8.07. The summed E-state index contributed by atoms with van der Waals surface area (Å²) < 4.78 is 7.45. The molecule has 1 saturated heterocycles. The molecule has 1 aromatic carbocycles. The van der Waals surface area contributed by atoms with Crippen LogP contribution < -0.4 is 10.6 Å². The van der Waals surface area contributed by atoms with E-state index in [9.17, 15) is 0 Å². The van der Waals surface area contributed by atoms with Gasteiger partial charge in [-0.1, -0.05) is 38.1 Å². The van der Waals surface area contributed by atoms with E-state index >= 15 is 0 Å². The van der Waals surface area contributed by atoms with E-state index in [1.807, 2.05) is 30.2 Å². The quantitative estimate of drug-likeness (QED) is 0.526. The van der Waals surface area contributed by atoms with Crippen molar-refractivity contribution in [1.29, 1.82) is 0 Å². The second kappa shape index (κ2) is 11.0. The Morgan fingerprint density at radius 3 is 2.55 bits per heavy atom. The van der Waals surface area contributed by atoms with Crippen molar-refractivity contribution in [2.75, 3.05) is 39.9 Å². The van der Waals surface area contributed by atoms with Crippen LogP contribution in [-0.2, 0) is 17.8 Å².